The molecule has 2 saturated carbocycles. The Kier molecular flexibility index (Phi) is 7.52. The van der Waals surface area contributed by atoms with Gasteiger partial charge in [0, 0.05) is 17.4 Å². The Labute approximate surface area is 191 Å². The first-order chi connectivity index (χ1) is 14.5. The van der Waals surface area contributed by atoms with Crippen molar-refractivity contribution in [2.24, 2.45) is 23.2 Å². The smallest absolute Gasteiger partial charge is 0.338 e. The molecule has 1 N–H and O–H groups in total. The number of thiophene rings is 1. The van der Waals surface area contributed by atoms with Crippen LogP contribution in [0.2, 0.25) is 0 Å². The van der Waals surface area contributed by atoms with Crippen LogP contribution >= 0.6 is 11.3 Å². The van der Waals surface area contributed by atoms with Gasteiger partial charge >= 0.3 is 5.97 Å². The molecular weight excluding hydrogens is 406 g/mol. The van der Waals surface area contributed by atoms with E-state index in [0.717, 1.165) is 56.2 Å². The third kappa shape index (κ3) is 6.13. The molecule has 0 unspecified atom stereocenters. The summed E-state index contributed by atoms with van der Waals surface area (Å²) in [7, 11) is 0. The quantitative estimate of drug-likeness (QED) is 0.535. The highest BCUT2D eigenvalue weighted by atomic mass is 32.1. The van der Waals surface area contributed by atoms with Crippen molar-refractivity contribution in [3.8, 4) is 11.8 Å². The van der Waals surface area contributed by atoms with Crippen molar-refractivity contribution in [1.82, 2.24) is 0 Å². The molecule has 5 heteroatoms. The Balaban J connectivity index is 1.99. The van der Waals surface area contributed by atoms with E-state index in [9.17, 15) is 14.7 Å². The lowest BCUT2D eigenvalue weighted by molar-refractivity contribution is -0.124. The molecule has 0 aromatic carbocycles. The van der Waals surface area contributed by atoms with Gasteiger partial charge in [0.1, 0.15) is 5.00 Å². The SMILES string of the molecule is CC1CCC(C(=O)N(c2sc(C#CC(C)(C)C)cc2C(=O)O)C2CCC(C)CC2)CC1. The summed E-state index contributed by atoms with van der Waals surface area (Å²) < 4.78 is 0. The van der Waals surface area contributed by atoms with Crippen molar-refractivity contribution in [3.05, 3.63) is 16.5 Å². The van der Waals surface area contributed by atoms with E-state index in [-0.39, 0.29) is 28.8 Å². The summed E-state index contributed by atoms with van der Waals surface area (Å²) in [5, 5.41) is 10.5. The van der Waals surface area contributed by atoms with E-state index < -0.39 is 5.97 Å². The summed E-state index contributed by atoms with van der Waals surface area (Å²) in [6.07, 6.45) is 8.01. The first kappa shape index (κ1) is 23.9. The first-order valence-corrected chi connectivity index (χ1v) is 12.6. The molecule has 170 valence electrons. The van der Waals surface area contributed by atoms with Gasteiger partial charge < -0.3 is 5.11 Å². The predicted molar refractivity (Wildman–Crippen MR) is 128 cm³/mol. The molecule has 1 aromatic heterocycles. The van der Waals surface area contributed by atoms with Gasteiger partial charge in [-0.25, -0.2) is 4.79 Å². The number of anilines is 1. The second kappa shape index (κ2) is 9.77. The number of carbonyl (C=O) groups is 2. The number of aromatic carboxylic acids is 1. The van der Waals surface area contributed by atoms with E-state index in [1.165, 1.54) is 11.3 Å². The van der Waals surface area contributed by atoms with Gasteiger partial charge in [0.2, 0.25) is 5.91 Å². The van der Waals surface area contributed by atoms with Crippen LogP contribution in [0.25, 0.3) is 0 Å². The lowest BCUT2D eigenvalue weighted by atomic mass is 9.81. The lowest BCUT2D eigenvalue weighted by Gasteiger charge is -2.38. The molecule has 4 nitrogen and oxygen atoms in total. The summed E-state index contributed by atoms with van der Waals surface area (Å²) in [6, 6.07) is 1.75. The average Bonchev–Trinajstić information content (AvgIpc) is 3.12. The highest BCUT2D eigenvalue weighted by Gasteiger charge is 2.37. The molecule has 1 aromatic rings. The number of rotatable bonds is 4. The maximum atomic E-state index is 13.8. The second-order valence-corrected chi connectivity index (χ2v) is 11.7. The van der Waals surface area contributed by atoms with E-state index >= 15 is 0 Å². The molecule has 2 aliphatic carbocycles. The lowest BCUT2D eigenvalue weighted by Crippen LogP contribution is -2.46. The van der Waals surface area contributed by atoms with Crippen molar-refractivity contribution < 1.29 is 14.7 Å². The molecule has 2 aliphatic rings. The van der Waals surface area contributed by atoms with Gasteiger partial charge in [-0.15, -0.1) is 11.3 Å². The van der Waals surface area contributed by atoms with E-state index in [4.69, 9.17) is 0 Å². The first-order valence-electron chi connectivity index (χ1n) is 11.8. The molecule has 0 saturated heterocycles. The molecule has 0 atom stereocenters. The zero-order valence-electron chi connectivity index (χ0n) is 19.7. The number of hydrogen-bond donors (Lipinski definition) is 1. The summed E-state index contributed by atoms with van der Waals surface area (Å²) in [5.41, 5.74) is 0.0563. The topological polar surface area (TPSA) is 57.6 Å². The Morgan fingerprint density at radius 1 is 1.00 bits per heavy atom. The molecule has 0 radical (unpaired) electrons. The van der Waals surface area contributed by atoms with E-state index in [1.54, 1.807) is 6.07 Å². The van der Waals surface area contributed by atoms with E-state index in [2.05, 4.69) is 25.7 Å². The average molecular weight is 444 g/mol. The molecule has 0 bridgehead atoms. The second-order valence-electron chi connectivity index (χ2n) is 10.7. The molecule has 3 rings (SSSR count). The fourth-order valence-electron chi connectivity index (χ4n) is 4.67. The summed E-state index contributed by atoms with van der Waals surface area (Å²) in [5.74, 6) is 6.85. The van der Waals surface area contributed by atoms with Gasteiger partial charge in [0.15, 0.2) is 0 Å². The van der Waals surface area contributed by atoms with Gasteiger partial charge in [-0.2, -0.15) is 0 Å². The third-order valence-corrected chi connectivity index (χ3v) is 7.73. The van der Waals surface area contributed by atoms with Crippen LogP contribution in [-0.4, -0.2) is 23.0 Å². The predicted octanol–water partition coefficient (Wildman–Crippen LogP) is 6.58. The number of amides is 1. The highest BCUT2D eigenvalue weighted by molar-refractivity contribution is 7.17. The number of hydrogen-bond acceptors (Lipinski definition) is 3. The Morgan fingerprint density at radius 2 is 1.55 bits per heavy atom. The largest absolute Gasteiger partial charge is 0.478 e. The highest BCUT2D eigenvalue weighted by Crippen LogP contribution is 2.40. The zero-order valence-corrected chi connectivity index (χ0v) is 20.5. The summed E-state index contributed by atoms with van der Waals surface area (Å²) >= 11 is 1.37. The molecule has 2 fully saturated rings. The number of carbonyl (C=O) groups excluding carboxylic acids is 1. The Hall–Kier alpha value is -1.80. The molecule has 31 heavy (non-hydrogen) atoms. The van der Waals surface area contributed by atoms with Crippen LogP contribution in [-0.2, 0) is 4.79 Å². The molecule has 1 amide bonds. The van der Waals surface area contributed by atoms with Crippen molar-refractivity contribution in [2.75, 3.05) is 4.90 Å². The van der Waals surface area contributed by atoms with Crippen molar-refractivity contribution in [1.29, 1.82) is 0 Å². The minimum atomic E-state index is -0.977. The van der Waals surface area contributed by atoms with Crippen LogP contribution < -0.4 is 4.90 Å². The minimum Gasteiger partial charge on any atom is -0.478 e. The fourth-order valence-corrected chi connectivity index (χ4v) is 5.76. The number of nitrogens with zero attached hydrogens (tertiary/aromatic N) is 1. The van der Waals surface area contributed by atoms with Crippen LogP contribution in [0.5, 0.6) is 0 Å². The van der Waals surface area contributed by atoms with Crippen LogP contribution in [0.4, 0.5) is 5.00 Å². The maximum absolute atomic E-state index is 13.8. The van der Waals surface area contributed by atoms with Gasteiger partial charge in [-0.3, -0.25) is 9.69 Å². The Bertz CT molecular complexity index is 853. The van der Waals surface area contributed by atoms with Gasteiger partial charge in [-0.05, 0) is 90.0 Å². The fraction of sp³-hybridized carbons (Fsp3) is 0.692. The normalized spacial score (nSPS) is 26.6. The van der Waals surface area contributed by atoms with Crippen molar-refractivity contribution in [2.45, 2.75) is 92.0 Å². The molecule has 0 spiro atoms. The number of carboxylic acids is 1. The molecular formula is C26H37NO3S. The van der Waals surface area contributed by atoms with Crippen LogP contribution in [0.3, 0.4) is 0 Å². The van der Waals surface area contributed by atoms with Crippen LogP contribution in [0, 0.1) is 35.0 Å². The summed E-state index contributed by atoms with van der Waals surface area (Å²) in [6.45, 7) is 10.6. The number of carboxylic acid groups (broad SMARTS) is 1. The third-order valence-electron chi connectivity index (χ3n) is 6.68. The Morgan fingerprint density at radius 3 is 2.06 bits per heavy atom. The molecule has 0 aliphatic heterocycles. The van der Waals surface area contributed by atoms with Gasteiger partial charge in [-0.1, -0.05) is 25.7 Å². The van der Waals surface area contributed by atoms with Gasteiger partial charge in [0.05, 0.1) is 10.4 Å². The van der Waals surface area contributed by atoms with Crippen LogP contribution in [0.1, 0.15) is 101 Å². The minimum absolute atomic E-state index is 0.00315. The van der Waals surface area contributed by atoms with Crippen molar-refractivity contribution in [3.63, 3.8) is 0 Å². The molecule has 1 heterocycles. The van der Waals surface area contributed by atoms with Crippen LogP contribution in [0.15, 0.2) is 6.07 Å². The monoisotopic (exact) mass is 443 g/mol. The zero-order chi connectivity index (χ0) is 22.8. The van der Waals surface area contributed by atoms with Crippen molar-refractivity contribution >= 4 is 28.2 Å². The standard InChI is InChI=1S/C26H37NO3S/c1-17-6-10-19(11-7-17)23(28)27(20-12-8-18(2)9-13-20)24-22(25(29)30)16-21(31-24)14-15-26(3,4)5/h16-20H,6-13H2,1-5H3,(H,29,30). The summed E-state index contributed by atoms with van der Waals surface area (Å²) in [4.78, 5) is 28.5. The van der Waals surface area contributed by atoms with E-state index in [0.29, 0.717) is 16.8 Å². The van der Waals surface area contributed by atoms with Gasteiger partial charge in [0.25, 0.3) is 0 Å². The van der Waals surface area contributed by atoms with E-state index in [1.807, 2.05) is 25.7 Å². The maximum Gasteiger partial charge on any atom is 0.338 e.